The molecule has 3 heteroatoms. The molecule has 70 valence electrons. The van der Waals surface area contributed by atoms with Gasteiger partial charge in [-0.15, -0.1) is 36.4 Å². The van der Waals surface area contributed by atoms with Crippen LogP contribution in [-0.2, 0) is 26.2 Å². The Labute approximate surface area is 111 Å². The zero-order valence-electron chi connectivity index (χ0n) is 7.28. The van der Waals surface area contributed by atoms with E-state index in [2.05, 4.69) is 43.3 Å². The average molecular weight is 293 g/mol. The Bertz CT molecular complexity index is 284. The Balaban J connectivity index is 0. The number of fused-ring (bicyclic) bond motifs is 1. The molecule has 0 fully saturated rings. The first-order valence-electron chi connectivity index (χ1n) is 3.56. The molecule has 0 N–H and O–H groups in total. The molecular weight excluding hydrogens is 282 g/mol. The molecule has 0 nitrogen and oxygen atoms in total. The monoisotopic (exact) mass is 291 g/mol. The van der Waals surface area contributed by atoms with E-state index in [1.165, 1.54) is 11.1 Å². The van der Waals surface area contributed by atoms with E-state index in [1.54, 1.807) is 0 Å². The van der Waals surface area contributed by atoms with Gasteiger partial charge in [-0.2, -0.15) is 5.56 Å². The molecule has 1 atom stereocenters. The largest absolute Gasteiger partial charge is 0.269 e. The van der Waals surface area contributed by atoms with Gasteiger partial charge in [0.25, 0.3) is 0 Å². The minimum atomic E-state index is 0. The quantitative estimate of drug-likeness (QED) is 0.643. The van der Waals surface area contributed by atoms with Crippen LogP contribution < -0.4 is 0 Å². The summed E-state index contributed by atoms with van der Waals surface area (Å²) in [6, 6.07) is 8.44. The summed E-state index contributed by atoms with van der Waals surface area (Å²) in [4.78, 5) is 0. The maximum Gasteiger partial charge on any atom is 0 e. The van der Waals surface area contributed by atoms with Gasteiger partial charge in [0.15, 0.2) is 0 Å². The first-order valence-corrected chi connectivity index (χ1v) is 3.56. The van der Waals surface area contributed by atoms with Crippen molar-refractivity contribution in [3.8, 4) is 0 Å². The van der Waals surface area contributed by atoms with Gasteiger partial charge in [-0.3, -0.25) is 6.08 Å². The topological polar surface area (TPSA) is 0 Å². The normalized spacial score (nSPS) is 16.2. The summed E-state index contributed by atoms with van der Waals surface area (Å²) in [5.41, 5.74) is 2.73. The fraction of sp³-hybridized carbons (Fsp3) is 0.200. The minimum absolute atomic E-state index is 0. The van der Waals surface area contributed by atoms with Crippen LogP contribution in [0.2, 0.25) is 0 Å². The number of halogens is 2. The molecule has 2 rings (SSSR count). The number of rotatable bonds is 0. The van der Waals surface area contributed by atoms with Gasteiger partial charge in [-0.25, -0.2) is 6.08 Å². The molecule has 1 aromatic carbocycles. The zero-order valence-corrected chi connectivity index (χ0v) is 11.4. The summed E-state index contributed by atoms with van der Waals surface area (Å²) < 4.78 is 0. The molecule has 0 radical (unpaired) electrons. The van der Waals surface area contributed by atoms with Crippen LogP contribution in [0.4, 0.5) is 0 Å². The predicted octanol–water partition coefficient (Wildman–Crippen LogP) is 3.46. The van der Waals surface area contributed by atoms with E-state index in [1.807, 2.05) is 0 Å². The summed E-state index contributed by atoms with van der Waals surface area (Å²) in [7, 11) is 0. The number of benzene rings is 1. The molecule has 13 heavy (non-hydrogen) atoms. The van der Waals surface area contributed by atoms with Gasteiger partial charge in [0.05, 0.1) is 0 Å². The van der Waals surface area contributed by atoms with Gasteiger partial charge in [0.2, 0.25) is 0 Å². The van der Waals surface area contributed by atoms with E-state index in [9.17, 15) is 0 Å². The van der Waals surface area contributed by atoms with Crippen molar-refractivity contribution >= 4 is 30.9 Å². The number of allylic oxidation sites excluding steroid dienone is 1. The molecular formula is C10H11Cl2Zr-. The van der Waals surface area contributed by atoms with Gasteiger partial charge >= 0.3 is 0 Å². The summed E-state index contributed by atoms with van der Waals surface area (Å²) >= 11 is 0. The van der Waals surface area contributed by atoms with Gasteiger partial charge in [0.1, 0.15) is 0 Å². The van der Waals surface area contributed by atoms with Crippen LogP contribution >= 0.6 is 24.8 Å². The average Bonchev–Trinajstić information content (AvgIpc) is 2.34. The third-order valence-electron chi connectivity index (χ3n) is 1.95. The van der Waals surface area contributed by atoms with Crippen molar-refractivity contribution in [1.29, 1.82) is 0 Å². The SMILES string of the molecule is CC1[C-]=Cc2ccccc21.Cl.Cl.[Zr]. The molecule has 0 heterocycles. The summed E-state index contributed by atoms with van der Waals surface area (Å²) in [5, 5.41) is 0. The first kappa shape index (κ1) is 15.9. The number of hydrogen-bond acceptors (Lipinski definition) is 0. The van der Waals surface area contributed by atoms with Crippen molar-refractivity contribution in [3.05, 3.63) is 41.5 Å². The second-order valence-corrected chi connectivity index (χ2v) is 2.66. The molecule has 1 aliphatic carbocycles. The second-order valence-electron chi connectivity index (χ2n) is 2.66. The Morgan fingerprint density at radius 3 is 2.38 bits per heavy atom. The molecule has 1 unspecified atom stereocenters. The van der Waals surface area contributed by atoms with Crippen LogP contribution in [-0.4, -0.2) is 0 Å². The van der Waals surface area contributed by atoms with Crippen molar-refractivity contribution in [2.24, 2.45) is 0 Å². The maximum atomic E-state index is 3.26. The fourth-order valence-corrected chi connectivity index (χ4v) is 1.34. The van der Waals surface area contributed by atoms with Gasteiger partial charge in [-0.05, 0) is 0 Å². The summed E-state index contributed by atoms with van der Waals surface area (Å²) in [6.45, 7) is 2.17. The van der Waals surface area contributed by atoms with Crippen molar-refractivity contribution in [3.63, 3.8) is 0 Å². The van der Waals surface area contributed by atoms with Crippen LogP contribution in [0.25, 0.3) is 6.08 Å². The first-order chi connectivity index (χ1) is 4.88. The number of hydrogen-bond donors (Lipinski definition) is 0. The zero-order chi connectivity index (χ0) is 6.97. The van der Waals surface area contributed by atoms with Crippen LogP contribution in [0.15, 0.2) is 24.3 Å². The second kappa shape index (κ2) is 6.81. The van der Waals surface area contributed by atoms with E-state index in [-0.39, 0.29) is 51.0 Å². The van der Waals surface area contributed by atoms with Crippen LogP contribution in [0.3, 0.4) is 0 Å². The van der Waals surface area contributed by atoms with E-state index in [4.69, 9.17) is 0 Å². The van der Waals surface area contributed by atoms with Crippen LogP contribution in [0.1, 0.15) is 24.0 Å². The molecule has 1 aliphatic rings. The Hall–Kier alpha value is 0.423. The van der Waals surface area contributed by atoms with E-state index in [0.29, 0.717) is 5.92 Å². The standard InChI is InChI=1S/C10H9.2ClH.Zr/c1-8-6-7-9-4-2-3-5-10(8)9;;;/h2-5,7-8H,1H3;2*1H;/q-1;;;. The molecule has 0 saturated heterocycles. The fourth-order valence-electron chi connectivity index (χ4n) is 1.34. The third kappa shape index (κ3) is 3.24. The van der Waals surface area contributed by atoms with E-state index in [0.717, 1.165) is 0 Å². The summed E-state index contributed by atoms with van der Waals surface area (Å²) in [5.74, 6) is 0.496. The predicted molar refractivity (Wildman–Crippen MR) is 57.1 cm³/mol. The molecule has 0 amide bonds. The van der Waals surface area contributed by atoms with Crippen LogP contribution in [0.5, 0.6) is 0 Å². The van der Waals surface area contributed by atoms with Gasteiger partial charge in [0, 0.05) is 26.2 Å². The Morgan fingerprint density at radius 2 is 1.77 bits per heavy atom. The van der Waals surface area contributed by atoms with Crippen molar-refractivity contribution in [1.82, 2.24) is 0 Å². The maximum absolute atomic E-state index is 3.26. The summed E-state index contributed by atoms with van der Waals surface area (Å²) in [6.07, 6.45) is 5.33. The van der Waals surface area contributed by atoms with Crippen molar-refractivity contribution in [2.45, 2.75) is 12.8 Å². The van der Waals surface area contributed by atoms with Gasteiger partial charge < -0.3 is 0 Å². The van der Waals surface area contributed by atoms with Crippen molar-refractivity contribution < 1.29 is 26.2 Å². The molecule has 0 saturated carbocycles. The molecule has 0 aliphatic heterocycles. The molecule has 0 aromatic heterocycles. The van der Waals surface area contributed by atoms with E-state index >= 15 is 0 Å². The smallest absolute Gasteiger partial charge is 0 e. The third-order valence-corrected chi connectivity index (χ3v) is 1.95. The van der Waals surface area contributed by atoms with E-state index < -0.39 is 0 Å². The molecule has 0 bridgehead atoms. The van der Waals surface area contributed by atoms with Crippen LogP contribution in [0, 0.1) is 6.08 Å². The Morgan fingerprint density at radius 1 is 1.15 bits per heavy atom. The van der Waals surface area contributed by atoms with Gasteiger partial charge in [-0.1, -0.05) is 31.0 Å². The minimum Gasteiger partial charge on any atom is -0.269 e. The Kier molecular flexibility index (Phi) is 8.32. The molecule has 0 spiro atoms. The molecule has 1 aromatic rings. The van der Waals surface area contributed by atoms with Crippen molar-refractivity contribution in [2.75, 3.05) is 0 Å².